The second-order valence-corrected chi connectivity index (χ2v) is 6.93. The van der Waals surface area contributed by atoms with Crippen molar-refractivity contribution in [2.75, 3.05) is 14.2 Å². The number of sulfonamides is 1. The zero-order valence-electron chi connectivity index (χ0n) is 11.0. The molecular weight excluding hydrogens is 274 g/mol. The third-order valence-electron chi connectivity index (χ3n) is 2.46. The molecule has 1 aromatic rings. The van der Waals surface area contributed by atoms with Crippen LogP contribution >= 0.6 is 11.3 Å². The van der Waals surface area contributed by atoms with Crippen LogP contribution in [-0.4, -0.2) is 35.0 Å². The van der Waals surface area contributed by atoms with Gasteiger partial charge in [0, 0.05) is 19.1 Å². The molecule has 0 amide bonds. The number of hydrogen-bond donors (Lipinski definition) is 1. The molecule has 1 unspecified atom stereocenters. The Morgan fingerprint density at radius 3 is 2.39 bits per heavy atom. The lowest BCUT2D eigenvalue weighted by Gasteiger charge is -2.21. The van der Waals surface area contributed by atoms with Gasteiger partial charge >= 0.3 is 0 Å². The first-order valence-electron chi connectivity index (χ1n) is 5.61. The van der Waals surface area contributed by atoms with Gasteiger partial charge in [0.1, 0.15) is 4.21 Å². The summed E-state index contributed by atoms with van der Waals surface area (Å²) in [7, 11) is -0.562. The van der Waals surface area contributed by atoms with Crippen molar-refractivity contribution in [3.63, 3.8) is 0 Å². The van der Waals surface area contributed by atoms with Gasteiger partial charge in [0.05, 0.1) is 6.04 Å². The number of aryl methyl sites for hydroxylation is 1. The number of hydrogen-bond acceptors (Lipinski definition) is 5. The minimum atomic E-state index is -3.51. The van der Waals surface area contributed by atoms with E-state index in [1.54, 1.807) is 13.0 Å². The van der Waals surface area contributed by atoms with E-state index in [9.17, 15) is 8.42 Å². The topological polar surface area (TPSA) is 64.6 Å². The van der Waals surface area contributed by atoms with Crippen LogP contribution in [0.15, 0.2) is 16.3 Å². The number of nitrogens with one attached hydrogen (secondary N) is 1. The Morgan fingerprint density at radius 2 is 1.94 bits per heavy atom. The Kier molecular flexibility index (Phi) is 5.74. The molecule has 1 N–H and O–H groups in total. The van der Waals surface area contributed by atoms with Crippen LogP contribution in [0.5, 0.6) is 0 Å². The predicted molar refractivity (Wildman–Crippen MR) is 71.3 cm³/mol. The fourth-order valence-electron chi connectivity index (χ4n) is 1.56. The fourth-order valence-corrected chi connectivity index (χ4v) is 4.10. The number of ether oxygens (including phenoxy) is 2. The third-order valence-corrected chi connectivity index (χ3v) is 5.74. The molecule has 0 saturated carbocycles. The van der Waals surface area contributed by atoms with Gasteiger partial charge in [-0.15, -0.1) is 11.3 Å². The third kappa shape index (κ3) is 3.76. The minimum Gasteiger partial charge on any atom is -0.354 e. The standard InChI is InChI=1S/C11H19NO4S2/c1-5-9-6-7-10(17-9)18(13,14)12-8(2)11(15-3)16-4/h6-8,11-12H,5H2,1-4H3. The van der Waals surface area contributed by atoms with Crippen molar-refractivity contribution in [2.24, 2.45) is 0 Å². The molecule has 0 radical (unpaired) electrons. The van der Waals surface area contributed by atoms with E-state index < -0.39 is 22.4 Å². The molecule has 7 heteroatoms. The Bertz CT molecular complexity index is 465. The van der Waals surface area contributed by atoms with Crippen LogP contribution in [0.2, 0.25) is 0 Å². The van der Waals surface area contributed by atoms with E-state index >= 15 is 0 Å². The van der Waals surface area contributed by atoms with Gasteiger partial charge in [-0.2, -0.15) is 0 Å². The molecule has 0 aliphatic rings. The van der Waals surface area contributed by atoms with E-state index in [-0.39, 0.29) is 0 Å². The largest absolute Gasteiger partial charge is 0.354 e. The van der Waals surface area contributed by atoms with Crippen LogP contribution in [0.3, 0.4) is 0 Å². The highest BCUT2D eigenvalue weighted by molar-refractivity contribution is 7.91. The van der Waals surface area contributed by atoms with E-state index in [4.69, 9.17) is 9.47 Å². The molecule has 104 valence electrons. The normalized spacial score (nSPS) is 14.1. The van der Waals surface area contributed by atoms with E-state index in [2.05, 4.69) is 4.72 Å². The zero-order valence-corrected chi connectivity index (χ0v) is 12.6. The molecule has 0 aromatic carbocycles. The van der Waals surface area contributed by atoms with E-state index in [1.807, 2.05) is 13.0 Å². The van der Waals surface area contributed by atoms with Gasteiger partial charge in [0.25, 0.3) is 0 Å². The molecule has 0 fully saturated rings. The van der Waals surface area contributed by atoms with Crippen LogP contribution in [-0.2, 0) is 25.9 Å². The number of methoxy groups -OCH3 is 2. The Balaban J connectivity index is 2.81. The molecule has 1 aromatic heterocycles. The van der Waals surface area contributed by atoms with Crippen molar-refractivity contribution in [1.82, 2.24) is 4.72 Å². The molecule has 1 heterocycles. The van der Waals surface area contributed by atoms with Crippen molar-refractivity contribution >= 4 is 21.4 Å². The molecule has 0 saturated heterocycles. The summed E-state index contributed by atoms with van der Waals surface area (Å²) in [6, 6.07) is 2.98. The summed E-state index contributed by atoms with van der Waals surface area (Å²) in [5.41, 5.74) is 0. The van der Waals surface area contributed by atoms with Crippen LogP contribution in [0.25, 0.3) is 0 Å². The van der Waals surface area contributed by atoms with Crippen molar-refractivity contribution in [3.8, 4) is 0 Å². The first-order valence-corrected chi connectivity index (χ1v) is 7.91. The quantitative estimate of drug-likeness (QED) is 0.776. The van der Waals surface area contributed by atoms with Crippen molar-refractivity contribution in [3.05, 3.63) is 17.0 Å². The second-order valence-electron chi connectivity index (χ2n) is 3.82. The van der Waals surface area contributed by atoms with Crippen LogP contribution in [0, 0.1) is 0 Å². The second kappa shape index (κ2) is 6.63. The summed E-state index contributed by atoms with van der Waals surface area (Å²) in [5.74, 6) is 0. The van der Waals surface area contributed by atoms with Crippen LogP contribution in [0.4, 0.5) is 0 Å². The van der Waals surface area contributed by atoms with Gasteiger partial charge in [-0.1, -0.05) is 6.92 Å². The highest BCUT2D eigenvalue weighted by Crippen LogP contribution is 2.22. The molecule has 1 atom stereocenters. The Morgan fingerprint density at radius 1 is 1.33 bits per heavy atom. The smallest absolute Gasteiger partial charge is 0.250 e. The van der Waals surface area contributed by atoms with E-state index in [1.165, 1.54) is 25.6 Å². The average molecular weight is 293 g/mol. The predicted octanol–water partition coefficient (Wildman–Crippen LogP) is 1.60. The van der Waals surface area contributed by atoms with Gasteiger partial charge in [-0.25, -0.2) is 13.1 Å². The molecule has 0 aliphatic carbocycles. The number of thiophene rings is 1. The summed E-state index contributed by atoms with van der Waals surface area (Å²) >= 11 is 1.28. The molecule has 18 heavy (non-hydrogen) atoms. The molecule has 5 nitrogen and oxygen atoms in total. The van der Waals surface area contributed by atoms with Crippen LogP contribution in [0.1, 0.15) is 18.7 Å². The van der Waals surface area contributed by atoms with Gasteiger partial charge in [0.15, 0.2) is 6.29 Å². The van der Waals surface area contributed by atoms with Crippen molar-refractivity contribution in [1.29, 1.82) is 0 Å². The summed E-state index contributed by atoms with van der Waals surface area (Å²) in [5, 5.41) is 0. The summed E-state index contributed by atoms with van der Waals surface area (Å²) in [4.78, 5) is 1.04. The molecule has 0 bridgehead atoms. The highest BCUT2D eigenvalue weighted by atomic mass is 32.2. The lowest BCUT2D eigenvalue weighted by atomic mass is 10.3. The summed E-state index contributed by atoms with van der Waals surface area (Å²) < 4.78 is 37.1. The Hall–Kier alpha value is -0.470. The first kappa shape index (κ1) is 15.6. The van der Waals surface area contributed by atoms with Gasteiger partial charge in [-0.3, -0.25) is 0 Å². The molecule has 0 aliphatic heterocycles. The lowest BCUT2D eigenvalue weighted by molar-refractivity contribution is -0.115. The fraction of sp³-hybridized carbons (Fsp3) is 0.636. The van der Waals surface area contributed by atoms with Gasteiger partial charge in [0.2, 0.25) is 10.0 Å². The minimum absolute atomic E-state index is 0.317. The Labute approximate surface area is 112 Å². The van der Waals surface area contributed by atoms with Gasteiger partial charge < -0.3 is 9.47 Å². The average Bonchev–Trinajstić information content (AvgIpc) is 2.79. The SMILES string of the molecule is CCc1ccc(S(=O)(=O)NC(C)C(OC)OC)s1. The maximum absolute atomic E-state index is 12.1. The monoisotopic (exact) mass is 293 g/mol. The highest BCUT2D eigenvalue weighted by Gasteiger charge is 2.24. The summed E-state index contributed by atoms with van der Waals surface area (Å²) in [6.07, 6.45) is 0.222. The zero-order chi connectivity index (χ0) is 13.8. The first-order chi connectivity index (χ1) is 8.44. The van der Waals surface area contributed by atoms with Crippen molar-refractivity contribution in [2.45, 2.75) is 36.8 Å². The maximum Gasteiger partial charge on any atom is 0.250 e. The molecule has 0 spiro atoms. The lowest BCUT2D eigenvalue weighted by Crippen LogP contribution is -2.42. The summed E-state index contributed by atoms with van der Waals surface area (Å²) in [6.45, 7) is 3.69. The maximum atomic E-state index is 12.1. The molecular formula is C11H19NO4S2. The number of rotatable bonds is 7. The van der Waals surface area contributed by atoms with E-state index in [0.717, 1.165) is 11.3 Å². The van der Waals surface area contributed by atoms with Crippen LogP contribution < -0.4 is 4.72 Å². The van der Waals surface area contributed by atoms with Crippen molar-refractivity contribution < 1.29 is 17.9 Å². The van der Waals surface area contributed by atoms with E-state index in [0.29, 0.717) is 4.21 Å². The molecule has 1 rings (SSSR count). The van der Waals surface area contributed by atoms with Gasteiger partial charge in [-0.05, 0) is 25.5 Å².